The molecular formula is C36H22N4S2. The quantitative estimate of drug-likeness (QED) is 0.205. The lowest BCUT2D eigenvalue weighted by Gasteiger charge is -2.16. The van der Waals surface area contributed by atoms with E-state index in [2.05, 4.69) is 107 Å². The monoisotopic (exact) mass is 574 g/mol. The fourth-order valence-electron chi connectivity index (χ4n) is 5.65. The molecule has 0 saturated heterocycles. The predicted molar refractivity (Wildman–Crippen MR) is 176 cm³/mol. The number of benzene rings is 4. The highest BCUT2D eigenvalue weighted by Crippen LogP contribution is 2.41. The van der Waals surface area contributed by atoms with E-state index in [4.69, 9.17) is 9.97 Å². The smallest absolute Gasteiger partial charge is 0.0818 e. The molecular weight excluding hydrogens is 553 g/mol. The first-order valence-corrected chi connectivity index (χ1v) is 15.3. The largest absolute Gasteiger partial charge is 0.255 e. The van der Waals surface area contributed by atoms with E-state index in [9.17, 15) is 0 Å². The highest BCUT2D eigenvalue weighted by atomic mass is 32.1. The van der Waals surface area contributed by atoms with Gasteiger partial charge >= 0.3 is 0 Å². The van der Waals surface area contributed by atoms with Crippen LogP contribution in [0.5, 0.6) is 0 Å². The van der Waals surface area contributed by atoms with Crippen molar-refractivity contribution in [2.24, 2.45) is 0 Å². The SMILES string of the molecule is c1ccc2c(-c3ccc(-c4ccc(-c5cncs5)nc4)c4ccccc34)ccc(-c3ccc(-c4cncs4)nc3)c2c1. The van der Waals surface area contributed by atoms with E-state index in [1.165, 1.54) is 43.8 Å². The minimum atomic E-state index is 0.946. The molecule has 4 heterocycles. The summed E-state index contributed by atoms with van der Waals surface area (Å²) in [5, 5.41) is 4.85. The summed E-state index contributed by atoms with van der Waals surface area (Å²) < 4.78 is 0. The molecule has 4 aromatic heterocycles. The molecule has 4 nitrogen and oxygen atoms in total. The Bertz CT molecular complexity index is 2010. The highest BCUT2D eigenvalue weighted by Gasteiger charge is 2.15. The van der Waals surface area contributed by atoms with Gasteiger partial charge in [0.05, 0.1) is 32.2 Å². The van der Waals surface area contributed by atoms with Crippen molar-refractivity contribution in [3.63, 3.8) is 0 Å². The number of thiazole rings is 2. The van der Waals surface area contributed by atoms with Crippen LogP contribution in [0, 0.1) is 0 Å². The number of hydrogen-bond donors (Lipinski definition) is 0. The van der Waals surface area contributed by atoms with Crippen LogP contribution in [-0.4, -0.2) is 19.9 Å². The Morgan fingerprint density at radius 1 is 0.381 bits per heavy atom. The summed E-state index contributed by atoms with van der Waals surface area (Å²) in [6.45, 7) is 0. The number of aromatic nitrogens is 4. The number of rotatable bonds is 5. The van der Waals surface area contributed by atoms with Gasteiger partial charge in [0.2, 0.25) is 0 Å². The van der Waals surface area contributed by atoms with Gasteiger partial charge in [-0.3, -0.25) is 19.9 Å². The van der Waals surface area contributed by atoms with Crippen molar-refractivity contribution in [3.05, 3.63) is 133 Å². The second-order valence-electron chi connectivity index (χ2n) is 10.0. The average Bonchev–Trinajstić information content (AvgIpc) is 3.80. The number of fused-ring (bicyclic) bond motifs is 2. The van der Waals surface area contributed by atoms with Gasteiger partial charge in [0.15, 0.2) is 0 Å². The minimum absolute atomic E-state index is 0.946. The standard InChI is InChI=1S/C36H22N4S2/c1-3-7-29-27(5-1)25(23-9-15-33(39-17-23)35-19-37-21-41-35)11-13-31(29)32-14-12-26(28-6-2-4-8-30(28)32)24-10-16-34(40-18-24)36-20-38-22-42-36/h1-22H. The molecule has 0 atom stereocenters. The number of pyridine rings is 2. The molecule has 0 saturated carbocycles. The Labute approximate surface area is 250 Å². The van der Waals surface area contributed by atoms with Gasteiger partial charge in [-0.05, 0) is 55.9 Å². The second kappa shape index (κ2) is 10.4. The first kappa shape index (κ1) is 24.7. The Morgan fingerprint density at radius 2 is 0.786 bits per heavy atom. The van der Waals surface area contributed by atoms with Crippen LogP contribution in [-0.2, 0) is 0 Å². The molecule has 0 bridgehead atoms. The molecule has 8 rings (SSSR count). The van der Waals surface area contributed by atoms with Gasteiger partial charge in [-0.2, -0.15) is 0 Å². The van der Waals surface area contributed by atoms with Crippen LogP contribution in [0.1, 0.15) is 0 Å². The van der Waals surface area contributed by atoms with Gasteiger partial charge in [0.1, 0.15) is 0 Å². The molecule has 0 amide bonds. The zero-order chi connectivity index (χ0) is 27.9. The Hall–Kier alpha value is -5.04. The van der Waals surface area contributed by atoms with Crippen molar-refractivity contribution in [2.45, 2.75) is 0 Å². The lowest BCUT2D eigenvalue weighted by Crippen LogP contribution is -1.90. The van der Waals surface area contributed by atoms with Gasteiger partial charge in [-0.1, -0.05) is 84.9 Å². The van der Waals surface area contributed by atoms with Gasteiger partial charge < -0.3 is 0 Å². The summed E-state index contributed by atoms with van der Waals surface area (Å²) in [6, 6.07) is 34.7. The molecule has 6 heteroatoms. The van der Waals surface area contributed by atoms with E-state index in [-0.39, 0.29) is 0 Å². The normalized spacial score (nSPS) is 11.3. The van der Waals surface area contributed by atoms with Gasteiger partial charge in [-0.25, -0.2) is 0 Å². The van der Waals surface area contributed by atoms with Gasteiger partial charge in [0.25, 0.3) is 0 Å². The van der Waals surface area contributed by atoms with Crippen LogP contribution >= 0.6 is 22.7 Å². The molecule has 198 valence electrons. The summed E-state index contributed by atoms with van der Waals surface area (Å²) in [5.41, 5.74) is 12.5. The van der Waals surface area contributed by atoms with E-state index in [0.29, 0.717) is 0 Å². The van der Waals surface area contributed by atoms with E-state index in [0.717, 1.165) is 32.3 Å². The van der Waals surface area contributed by atoms with Gasteiger partial charge in [0, 0.05) is 35.9 Å². The van der Waals surface area contributed by atoms with Gasteiger partial charge in [-0.15, -0.1) is 22.7 Å². The maximum absolute atomic E-state index is 4.75. The third kappa shape index (κ3) is 4.29. The average molecular weight is 575 g/mol. The highest BCUT2D eigenvalue weighted by molar-refractivity contribution is 7.13. The minimum Gasteiger partial charge on any atom is -0.255 e. The third-order valence-corrected chi connectivity index (χ3v) is 9.25. The Morgan fingerprint density at radius 3 is 1.14 bits per heavy atom. The van der Waals surface area contributed by atoms with Crippen molar-refractivity contribution in [1.82, 2.24) is 19.9 Å². The molecule has 0 aliphatic rings. The molecule has 0 spiro atoms. The summed E-state index contributed by atoms with van der Waals surface area (Å²) in [7, 11) is 0. The topological polar surface area (TPSA) is 51.6 Å². The molecule has 0 aliphatic heterocycles. The van der Waals surface area contributed by atoms with Crippen LogP contribution in [0.15, 0.2) is 133 Å². The third-order valence-electron chi connectivity index (χ3n) is 7.66. The predicted octanol–water partition coefficient (Wildman–Crippen LogP) is 10.0. The zero-order valence-electron chi connectivity index (χ0n) is 22.3. The van der Waals surface area contributed by atoms with E-state index in [1.807, 2.05) is 35.8 Å². The molecule has 0 radical (unpaired) electrons. The summed E-state index contributed by atoms with van der Waals surface area (Å²) in [6.07, 6.45) is 7.66. The first-order valence-electron chi connectivity index (χ1n) is 13.6. The van der Waals surface area contributed by atoms with Crippen molar-refractivity contribution in [2.75, 3.05) is 0 Å². The molecule has 8 aromatic rings. The van der Waals surface area contributed by atoms with Crippen molar-refractivity contribution >= 4 is 44.2 Å². The summed E-state index contributed by atoms with van der Waals surface area (Å²) >= 11 is 3.20. The molecule has 0 unspecified atom stereocenters. The summed E-state index contributed by atoms with van der Waals surface area (Å²) in [4.78, 5) is 20.0. The van der Waals surface area contributed by atoms with Crippen LogP contribution < -0.4 is 0 Å². The molecule has 0 fully saturated rings. The molecule has 0 aliphatic carbocycles. The lowest BCUT2D eigenvalue weighted by molar-refractivity contribution is 1.33. The number of hydrogen-bond acceptors (Lipinski definition) is 6. The fraction of sp³-hybridized carbons (Fsp3) is 0. The van der Waals surface area contributed by atoms with E-state index >= 15 is 0 Å². The van der Waals surface area contributed by atoms with Crippen molar-refractivity contribution in [1.29, 1.82) is 0 Å². The molecule has 42 heavy (non-hydrogen) atoms. The number of nitrogens with zero attached hydrogens (tertiary/aromatic N) is 4. The lowest BCUT2D eigenvalue weighted by atomic mass is 9.88. The Balaban J connectivity index is 1.23. The van der Waals surface area contributed by atoms with Crippen LogP contribution in [0.2, 0.25) is 0 Å². The summed E-state index contributed by atoms with van der Waals surface area (Å²) in [5.74, 6) is 0. The van der Waals surface area contributed by atoms with Crippen LogP contribution in [0.25, 0.3) is 76.1 Å². The van der Waals surface area contributed by atoms with Crippen LogP contribution in [0.3, 0.4) is 0 Å². The maximum Gasteiger partial charge on any atom is 0.0818 e. The Kier molecular flexibility index (Phi) is 6.13. The van der Waals surface area contributed by atoms with Crippen molar-refractivity contribution < 1.29 is 0 Å². The van der Waals surface area contributed by atoms with Crippen LogP contribution in [0.4, 0.5) is 0 Å². The van der Waals surface area contributed by atoms with E-state index < -0.39 is 0 Å². The van der Waals surface area contributed by atoms with Crippen molar-refractivity contribution in [3.8, 4) is 54.5 Å². The molecule has 0 N–H and O–H groups in total. The first-order chi connectivity index (χ1) is 20.8. The second-order valence-corrected chi connectivity index (χ2v) is 11.8. The maximum atomic E-state index is 4.75. The molecule has 4 aromatic carbocycles. The zero-order valence-corrected chi connectivity index (χ0v) is 23.9. The van der Waals surface area contributed by atoms with E-state index in [1.54, 1.807) is 22.7 Å². The fourth-order valence-corrected chi connectivity index (χ4v) is 6.85.